The molecule has 11 aromatic rings. The third-order valence-corrected chi connectivity index (χ3v) is 16.0. The molecule has 0 fully saturated rings. The van der Waals surface area contributed by atoms with E-state index >= 15 is 0 Å². The van der Waals surface area contributed by atoms with E-state index in [4.69, 9.17) is 15.0 Å². The van der Waals surface area contributed by atoms with Gasteiger partial charge in [-0.15, -0.1) is 0 Å². The predicted molar refractivity (Wildman–Crippen MR) is 280 cm³/mol. The number of fused-ring (bicyclic) bond motifs is 15. The Morgan fingerprint density at radius 2 is 0.868 bits per heavy atom. The third-order valence-electron chi connectivity index (χ3n) is 16.0. The summed E-state index contributed by atoms with van der Waals surface area (Å²) in [5.74, 6) is 1.95. The first-order valence-corrected chi connectivity index (χ1v) is 24.1. The lowest BCUT2D eigenvalue weighted by molar-refractivity contribution is 0.332. The van der Waals surface area contributed by atoms with Crippen LogP contribution in [0.1, 0.15) is 73.9 Å². The van der Waals surface area contributed by atoms with Crippen LogP contribution in [0.15, 0.2) is 194 Å². The van der Waals surface area contributed by atoms with Crippen LogP contribution in [0.5, 0.6) is 0 Å². The van der Waals surface area contributed by atoms with Crippen LogP contribution in [0, 0.1) is 0 Å². The van der Waals surface area contributed by atoms with E-state index in [-0.39, 0.29) is 10.8 Å². The van der Waals surface area contributed by atoms with Crippen molar-refractivity contribution in [2.75, 3.05) is 0 Å². The van der Waals surface area contributed by atoms with Gasteiger partial charge in [0.25, 0.3) is 0 Å². The Kier molecular flexibility index (Phi) is 8.10. The van der Waals surface area contributed by atoms with Crippen molar-refractivity contribution in [2.45, 2.75) is 56.8 Å². The van der Waals surface area contributed by atoms with Crippen molar-refractivity contribution in [3.8, 4) is 62.1 Å². The van der Waals surface area contributed by atoms with Gasteiger partial charge in [0, 0.05) is 32.8 Å². The summed E-state index contributed by atoms with van der Waals surface area (Å²) in [6, 6.07) is 71.2. The van der Waals surface area contributed by atoms with E-state index in [9.17, 15) is 0 Å². The van der Waals surface area contributed by atoms with E-state index in [0.717, 1.165) is 39.6 Å². The lowest BCUT2D eigenvalue weighted by Gasteiger charge is -2.42. The van der Waals surface area contributed by atoms with Gasteiger partial charge in [-0.3, -0.25) is 0 Å². The van der Waals surface area contributed by atoms with Gasteiger partial charge < -0.3 is 4.57 Å². The molecule has 9 aromatic carbocycles. The van der Waals surface area contributed by atoms with Gasteiger partial charge in [0.05, 0.1) is 22.1 Å². The first-order chi connectivity index (χ1) is 33.2. The fourth-order valence-corrected chi connectivity index (χ4v) is 12.6. The predicted octanol–water partition coefficient (Wildman–Crippen LogP) is 15.8. The van der Waals surface area contributed by atoms with Crippen LogP contribution in [0.2, 0.25) is 0 Å². The molecule has 0 radical (unpaired) electrons. The summed E-state index contributed by atoms with van der Waals surface area (Å²) in [5, 5.41) is 4.81. The molecule has 4 heteroatoms. The number of para-hydroxylation sites is 1. The van der Waals surface area contributed by atoms with Crippen molar-refractivity contribution in [3.05, 3.63) is 228 Å². The molecule has 2 heterocycles. The summed E-state index contributed by atoms with van der Waals surface area (Å²) >= 11 is 0. The van der Waals surface area contributed by atoms with E-state index in [1.165, 1.54) is 83.9 Å². The molecule has 0 saturated carbocycles. The molecule has 4 nitrogen and oxygen atoms in total. The van der Waals surface area contributed by atoms with E-state index < -0.39 is 5.41 Å². The van der Waals surface area contributed by atoms with Gasteiger partial charge in [0.2, 0.25) is 0 Å². The summed E-state index contributed by atoms with van der Waals surface area (Å²) in [5.41, 5.74) is 19.3. The van der Waals surface area contributed by atoms with Crippen molar-refractivity contribution < 1.29 is 0 Å². The van der Waals surface area contributed by atoms with Crippen molar-refractivity contribution in [2.24, 2.45) is 0 Å². The SMILES string of the molecule is CC1(C)CCC(C)(C)c2cc3c(cc21)c1ccccc1n3-c1ccc(-c2nc(-c3ccccc3)nc(-c3cccc4c3-c3ccccc3C43c4ccccc4-c4ccccc43)n2)c2ccccc12. The normalized spacial score (nSPS) is 15.6. The van der Waals surface area contributed by atoms with Crippen LogP contribution in [0.25, 0.3) is 94.7 Å². The highest BCUT2D eigenvalue weighted by molar-refractivity contribution is 6.12. The Bertz CT molecular complexity index is 3880. The average Bonchev–Trinajstić information content (AvgIpc) is 3.99. The number of benzene rings is 9. The second-order valence-electron chi connectivity index (χ2n) is 20.5. The highest BCUT2D eigenvalue weighted by Crippen LogP contribution is 2.64. The van der Waals surface area contributed by atoms with Gasteiger partial charge in [0.15, 0.2) is 17.5 Å². The Labute approximate surface area is 396 Å². The average molecular weight is 873 g/mol. The molecule has 0 amide bonds. The van der Waals surface area contributed by atoms with Crippen LogP contribution in [-0.4, -0.2) is 19.5 Å². The Morgan fingerprint density at radius 1 is 0.353 bits per heavy atom. The standard InChI is InChI=1S/C64H48N4/c1-62(2)35-36-63(3,4)54-38-57-48(37-53(54)62)44-25-13-17-32-55(44)68(57)56-34-33-45(40-21-8-9-24-43(40)56)60-65-59(39-19-6-5-7-20-39)66-61(67-60)47-27-18-31-52-58(47)46-26-12-16-30-51(46)64(52)49-28-14-10-22-41(49)42-23-11-15-29-50(42)64/h5-34,37-38H,35-36H2,1-4H3. The molecule has 0 bridgehead atoms. The number of hydrogen-bond acceptors (Lipinski definition) is 3. The zero-order chi connectivity index (χ0) is 45.5. The quantitative estimate of drug-likeness (QED) is 0.177. The minimum Gasteiger partial charge on any atom is -0.309 e. The molecular formula is C64H48N4. The van der Waals surface area contributed by atoms with Crippen molar-refractivity contribution in [1.82, 2.24) is 19.5 Å². The molecule has 3 aliphatic rings. The number of nitrogens with zero attached hydrogens (tertiary/aromatic N) is 4. The molecule has 0 aliphatic heterocycles. The second kappa shape index (κ2) is 14.0. The summed E-state index contributed by atoms with van der Waals surface area (Å²) in [6.45, 7) is 9.68. The van der Waals surface area contributed by atoms with Gasteiger partial charge in [-0.1, -0.05) is 191 Å². The monoisotopic (exact) mass is 872 g/mol. The van der Waals surface area contributed by atoms with Gasteiger partial charge in [-0.05, 0) is 115 Å². The third kappa shape index (κ3) is 5.29. The lowest BCUT2D eigenvalue weighted by Crippen LogP contribution is -2.33. The van der Waals surface area contributed by atoms with E-state index in [2.05, 4.69) is 220 Å². The maximum Gasteiger partial charge on any atom is 0.164 e. The fraction of sp³-hybridized carbons (Fsp3) is 0.141. The largest absolute Gasteiger partial charge is 0.309 e. The smallest absolute Gasteiger partial charge is 0.164 e. The van der Waals surface area contributed by atoms with Gasteiger partial charge in [0.1, 0.15) is 0 Å². The molecule has 3 aliphatic carbocycles. The summed E-state index contributed by atoms with van der Waals surface area (Å²) in [4.78, 5) is 16.3. The van der Waals surface area contributed by atoms with Gasteiger partial charge in [-0.2, -0.15) is 0 Å². The molecule has 0 saturated heterocycles. The maximum atomic E-state index is 5.54. The Balaban J connectivity index is 1.01. The summed E-state index contributed by atoms with van der Waals surface area (Å²) in [7, 11) is 0. The number of hydrogen-bond donors (Lipinski definition) is 0. The Hall–Kier alpha value is -7.95. The van der Waals surface area contributed by atoms with Gasteiger partial charge in [-0.25, -0.2) is 15.0 Å². The van der Waals surface area contributed by atoms with E-state index in [0.29, 0.717) is 17.5 Å². The zero-order valence-electron chi connectivity index (χ0n) is 38.7. The van der Waals surface area contributed by atoms with Crippen molar-refractivity contribution in [3.63, 3.8) is 0 Å². The minimum atomic E-state index is -0.475. The molecule has 0 unspecified atom stereocenters. The highest BCUT2D eigenvalue weighted by Gasteiger charge is 2.52. The van der Waals surface area contributed by atoms with Crippen LogP contribution in [-0.2, 0) is 16.2 Å². The molecule has 1 spiro atoms. The first kappa shape index (κ1) is 39.2. The lowest BCUT2D eigenvalue weighted by atomic mass is 9.63. The maximum absolute atomic E-state index is 5.54. The molecular weight excluding hydrogens is 825 g/mol. The fourth-order valence-electron chi connectivity index (χ4n) is 12.6. The topological polar surface area (TPSA) is 43.6 Å². The molecule has 14 rings (SSSR count). The molecule has 2 aromatic heterocycles. The zero-order valence-corrected chi connectivity index (χ0v) is 38.7. The number of rotatable bonds is 4. The van der Waals surface area contributed by atoms with E-state index in [1.807, 2.05) is 6.07 Å². The molecule has 68 heavy (non-hydrogen) atoms. The summed E-state index contributed by atoms with van der Waals surface area (Å²) < 4.78 is 2.50. The molecule has 0 atom stereocenters. The Morgan fingerprint density at radius 3 is 1.57 bits per heavy atom. The number of aromatic nitrogens is 4. The van der Waals surface area contributed by atoms with E-state index in [1.54, 1.807) is 0 Å². The molecule has 324 valence electrons. The molecule has 0 N–H and O–H groups in total. The van der Waals surface area contributed by atoms with Crippen LogP contribution < -0.4 is 0 Å². The van der Waals surface area contributed by atoms with Crippen LogP contribution in [0.3, 0.4) is 0 Å². The van der Waals surface area contributed by atoms with Crippen molar-refractivity contribution in [1.29, 1.82) is 0 Å². The first-order valence-electron chi connectivity index (χ1n) is 24.1. The minimum absolute atomic E-state index is 0.0761. The van der Waals surface area contributed by atoms with Crippen LogP contribution >= 0.6 is 0 Å². The second-order valence-corrected chi connectivity index (χ2v) is 20.5. The van der Waals surface area contributed by atoms with Gasteiger partial charge >= 0.3 is 0 Å². The highest BCUT2D eigenvalue weighted by atomic mass is 15.0. The van der Waals surface area contributed by atoms with Crippen LogP contribution in [0.4, 0.5) is 0 Å². The summed E-state index contributed by atoms with van der Waals surface area (Å²) in [6.07, 6.45) is 2.34. The van der Waals surface area contributed by atoms with Crippen molar-refractivity contribution >= 4 is 32.6 Å².